The van der Waals surface area contributed by atoms with Gasteiger partial charge in [0.2, 0.25) is 0 Å². The summed E-state index contributed by atoms with van der Waals surface area (Å²) in [5, 5.41) is 3.52. The van der Waals surface area contributed by atoms with Gasteiger partial charge in [-0.05, 0) is 44.3 Å². The summed E-state index contributed by atoms with van der Waals surface area (Å²) in [6, 6.07) is 0.356. The molecule has 2 aliphatic heterocycles. The zero-order valence-corrected chi connectivity index (χ0v) is 13.1. The molecule has 0 aromatic heterocycles. The Morgan fingerprint density at radius 3 is 2.71 bits per heavy atom. The first-order valence-electron chi connectivity index (χ1n) is 8.01. The number of alkyl halides is 3. The predicted octanol–water partition coefficient (Wildman–Crippen LogP) is 3.75. The fourth-order valence-corrected chi connectivity index (χ4v) is 5.38. The van der Waals surface area contributed by atoms with E-state index in [9.17, 15) is 13.2 Å². The van der Waals surface area contributed by atoms with Crippen LogP contribution in [0.15, 0.2) is 0 Å². The van der Waals surface area contributed by atoms with E-state index in [0.29, 0.717) is 18.9 Å². The summed E-state index contributed by atoms with van der Waals surface area (Å²) < 4.78 is 44.6. The van der Waals surface area contributed by atoms with Gasteiger partial charge in [-0.1, -0.05) is 6.42 Å². The van der Waals surface area contributed by atoms with E-state index in [1.54, 1.807) is 0 Å². The molecule has 1 N–H and O–H groups in total. The lowest BCUT2D eigenvalue weighted by molar-refractivity contribution is -0.184. The van der Waals surface area contributed by atoms with Crippen molar-refractivity contribution in [2.75, 3.05) is 18.1 Å². The third-order valence-electron chi connectivity index (χ3n) is 5.17. The highest BCUT2D eigenvalue weighted by atomic mass is 32.2. The Balaban J connectivity index is 1.53. The normalized spacial score (nSPS) is 41.6. The van der Waals surface area contributed by atoms with Gasteiger partial charge in [0.1, 0.15) is 0 Å². The topological polar surface area (TPSA) is 21.3 Å². The smallest absolute Gasteiger partial charge is 0.374 e. The zero-order chi connectivity index (χ0) is 14.9. The molecule has 3 fully saturated rings. The summed E-state index contributed by atoms with van der Waals surface area (Å²) in [7, 11) is 0. The van der Waals surface area contributed by atoms with Crippen molar-refractivity contribution in [2.24, 2.45) is 5.92 Å². The van der Waals surface area contributed by atoms with Crippen LogP contribution in [0.1, 0.15) is 44.9 Å². The summed E-state index contributed by atoms with van der Waals surface area (Å²) in [6.07, 6.45) is 1.08. The Morgan fingerprint density at radius 2 is 2.00 bits per heavy atom. The van der Waals surface area contributed by atoms with Crippen LogP contribution in [0.25, 0.3) is 0 Å². The quantitative estimate of drug-likeness (QED) is 0.836. The minimum Gasteiger partial charge on any atom is -0.374 e. The second-order valence-corrected chi connectivity index (χ2v) is 7.90. The first-order valence-corrected chi connectivity index (χ1v) is 9.17. The molecule has 2 heterocycles. The number of halogens is 3. The molecular formula is C15H24F3NOS. The molecule has 0 aromatic carbocycles. The van der Waals surface area contributed by atoms with Gasteiger partial charge >= 0.3 is 6.18 Å². The van der Waals surface area contributed by atoms with Crippen LogP contribution in [0.3, 0.4) is 0 Å². The molecule has 4 atom stereocenters. The average molecular weight is 323 g/mol. The van der Waals surface area contributed by atoms with Gasteiger partial charge in [0.15, 0.2) is 0 Å². The van der Waals surface area contributed by atoms with E-state index in [1.165, 1.54) is 0 Å². The first kappa shape index (κ1) is 15.9. The zero-order valence-electron chi connectivity index (χ0n) is 12.3. The molecule has 2 saturated heterocycles. The van der Waals surface area contributed by atoms with Crippen LogP contribution in [-0.2, 0) is 4.74 Å². The number of rotatable bonds is 2. The van der Waals surface area contributed by atoms with Crippen molar-refractivity contribution in [3.05, 3.63) is 0 Å². The van der Waals surface area contributed by atoms with Crippen molar-refractivity contribution in [1.29, 1.82) is 0 Å². The maximum absolute atomic E-state index is 12.9. The van der Waals surface area contributed by atoms with Gasteiger partial charge < -0.3 is 10.1 Å². The number of thioether (sulfide) groups is 1. The van der Waals surface area contributed by atoms with Gasteiger partial charge in [-0.15, -0.1) is 0 Å². The number of nitrogens with one attached hydrogen (secondary N) is 1. The van der Waals surface area contributed by atoms with Crippen LogP contribution >= 0.6 is 11.8 Å². The lowest BCUT2D eigenvalue weighted by Crippen LogP contribution is -2.51. The minimum absolute atomic E-state index is 0.00131. The SMILES string of the molecule is FC(F)(F)C1CCCC(NC2CCOC3(CCSC3)C2)C1. The fourth-order valence-electron chi connectivity index (χ4n) is 4.01. The molecule has 6 heteroatoms. The van der Waals surface area contributed by atoms with Gasteiger partial charge in [-0.2, -0.15) is 24.9 Å². The average Bonchev–Trinajstić information content (AvgIpc) is 2.86. The molecule has 1 spiro atoms. The van der Waals surface area contributed by atoms with E-state index in [2.05, 4.69) is 5.32 Å². The van der Waals surface area contributed by atoms with E-state index in [-0.39, 0.29) is 18.1 Å². The van der Waals surface area contributed by atoms with E-state index >= 15 is 0 Å². The summed E-state index contributed by atoms with van der Waals surface area (Å²) >= 11 is 1.93. The molecule has 1 saturated carbocycles. The fraction of sp³-hybridized carbons (Fsp3) is 1.00. The monoisotopic (exact) mass is 323 g/mol. The van der Waals surface area contributed by atoms with Crippen LogP contribution in [0.4, 0.5) is 13.2 Å². The highest BCUT2D eigenvalue weighted by Gasteiger charge is 2.44. The van der Waals surface area contributed by atoms with Crippen LogP contribution in [0.2, 0.25) is 0 Å². The van der Waals surface area contributed by atoms with Gasteiger partial charge in [0, 0.05) is 24.4 Å². The van der Waals surface area contributed by atoms with Crippen molar-refractivity contribution in [3.63, 3.8) is 0 Å². The third-order valence-corrected chi connectivity index (χ3v) is 6.39. The molecule has 122 valence electrons. The molecule has 0 radical (unpaired) electrons. The number of hydrogen-bond donors (Lipinski definition) is 1. The van der Waals surface area contributed by atoms with E-state index in [0.717, 1.165) is 43.8 Å². The van der Waals surface area contributed by atoms with Gasteiger partial charge in [-0.25, -0.2) is 0 Å². The second kappa shape index (κ2) is 6.28. The first-order chi connectivity index (χ1) is 9.97. The van der Waals surface area contributed by atoms with Crippen molar-refractivity contribution in [3.8, 4) is 0 Å². The summed E-state index contributed by atoms with van der Waals surface area (Å²) in [5.41, 5.74) is -0.00131. The van der Waals surface area contributed by atoms with Gasteiger partial charge in [-0.3, -0.25) is 0 Å². The Morgan fingerprint density at radius 1 is 1.14 bits per heavy atom. The van der Waals surface area contributed by atoms with Crippen molar-refractivity contribution in [2.45, 2.75) is 68.8 Å². The Labute approximate surface area is 128 Å². The highest BCUT2D eigenvalue weighted by Crippen LogP contribution is 2.40. The third kappa shape index (κ3) is 3.88. The highest BCUT2D eigenvalue weighted by molar-refractivity contribution is 7.99. The Bertz CT molecular complexity index is 357. The standard InChI is InChI=1S/C15H24F3NOS/c16-15(17,18)11-2-1-3-12(8-11)19-13-4-6-20-14(9-13)5-7-21-10-14/h11-13,19H,1-10H2. The molecular weight excluding hydrogens is 299 g/mol. The molecule has 21 heavy (non-hydrogen) atoms. The molecule has 2 nitrogen and oxygen atoms in total. The van der Waals surface area contributed by atoms with Gasteiger partial charge in [0.25, 0.3) is 0 Å². The minimum atomic E-state index is -4.03. The van der Waals surface area contributed by atoms with Crippen LogP contribution in [0, 0.1) is 5.92 Å². The second-order valence-electron chi connectivity index (χ2n) is 6.79. The Hall–Kier alpha value is 0.0600. The summed E-state index contributed by atoms with van der Waals surface area (Å²) in [5.74, 6) is 1.08. The van der Waals surface area contributed by atoms with Crippen molar-refractivity contribution in [1.82, 2.24) is 5.32 Å². The van der Waals surface area contributed by atoms with Crippen LogP contribution < -0.4 is 5.32 Å². The van der Waals surface area contributed by atoms with E-state index < -0.39 is 12.1 Å². The molecule has 4 unspecified atom stereocenters. The largest absolute Gasteiger partial charge is 0.391 e. The Kier molecular flexibility index (Phi) is 4.77. The van der Waals surface area contributed by atoms with Crippen molar-refractivity contribution >= 4 is 11.8 Å². The molecule has 0 amide bonds. The summed E-state index contributed by atoms with van der Waals surface area (Å²) in [6.45, 7) is 0.744. The summed E-state index contributed by atoms with van der Waals surface area (Å²) in [4.78, 5) is 0. The molecule has 3 aliphatic rings. The lowest BCUT2D eigenvalue weighted by atomic mass is 9.83. The maximum Gasteiger partial charge on any atom is 0.391 e. The molecule has 1 aliphatic carbocycles. The number of hydrogen-bond acceptors (Lipinski definition) is 3. The lowest BCUT2D eigenvalue weighted by Gasteiger charge is -2.41. The van der Waals surface area contributed by atoms with Gasteiger partial charge in [0.05, 0.1) is 11.5 Å². The van der Waals surface area contributed by atoms with Crippen LogP contribution in [-0.4, -0.2) is 42.0 Å². The van der Waals surface area contributed by atoms with Crippen molar-refractivity contribution < 1.29 is 17.9 Å². The molecule has 3 rings (SSSR count). The van der Waals surface area contributed by atoms with E-state index in [1.807, 2.05) is 11.8 Å². The number of ether oxygens (including phenoxy) is 1. The van der Waals surface area contributed by atoms with Crippen LogP contribution in [0.5, 0.6) is 0 Å². The molecule has 0 bridgehead atoms. The van der Waals surface area contributed by atoms with E-state index in [4.69, 9.17) is 4.74 Å². The predicted molar refractivity (Wildman–Crippen MR) is 78.6 cm³/mol. The maximum atomic E-state index is 12.9. The molecule has 0 aromatic rings.